The molecule has 0 aliphatic carbocycles. The molecule has 0 radical (unpaired) electrons. The van der Waals surface area contributed by atoms with Crippen molar-refractivity contribution in [1.82, 2.24) is 0 Å². The van der Waals surface area contributed by atoms with E-state index in [1.165, 1.54) is 0 Å². The van der Waals surface area contributed by atoms with Crippen LogP contribution >= 0.6 is 27.5 Å². The summed E-state index contributed by atoms with van der Waals surface area (Å²) in [6, 6.07) is 1.46. The van der Waals surface area contributed by atoms with Crippen LogP contribution < -0.4 is 11.5 Å². The molecule has 0 heterocycles. The van der Waals surface area contributed by atoms with E-state index < -0.39 is 74.2 Å². The van der Waals surface area contributed by atoms with E-state index in [9.17, 15) is 79.0 Å². The lowest BCUT2D eigenvalue weighted by Gasteiger charge is -2.36. The Morgan fingerprint density at radius 2 is 0.818 bits per heavy atom. The fourth-order valence-corrected chi connectivity index (χ4v) is 3.73. The van der Waals surface area contributed by atoms with Gasteiger partial charge in [0.05, 0.1) is 10.7 Å². The van der Waals surface area contributed by atoms with E-state index in [-0.39, 0.29) is 44.8 Å². The minimum absolute atomic E-state index is 0. The lowest BCUT2D eigenvalue weighted by molar-refractivity contribution is -0.389. The van der Waals surface area contributed by atoms with Gasteiger partial charge in [0.1, 0.15) is 0 Å². The SMILES string of the molecule is C.C.Nc1c(Cl)cc(C(F)(C(F)(F)F)C(F)(F)C(F)(F)F)cc1Br.Nc1ccc(C(F)(C(F)(F)F)C(F)(F)C(F)(F)F)cc1. The Morgan fingerprint density at radius 3 is 1.09 bits per heavy atom. The molecular formula is C22H18BrClF18N2. The van der Waals surface area contributed by atoms with E-state index in [4.69, 9.17) is 23.1 Å². The van der Waals surface area contributed by atoms with Gasteiger partial charge in [-0.3, -0.25) is 0 Å². The largest absolute Gasteiger partial charge is 0.457 e. The van der Waals surface area contributed by atoms with E-state index in [0.29, 0.717) is 12.1 Å². The van der Waals surface area contributed by atoms with E-state index in [1.54, 1.807) is 0 Å². The lowest BCUT2D eigenvalue weighted by atomic mass is 9.87. The zero-order chi connectivity index (χ0) is 33.7. The summed E-state index contributed by atoms with van der Waals surface area (Å²) in [5, 5.41) is -0.825. The lowest BCUT2D eigenvalue weighted by Crippen LogP contribution is -2.59. The predicted octanol–water partition coefficient (Wildman–Crippen LogP) is 11.1. The van der Waals surface area contributed by atoms with Crippen LogP contribution in [-0.4, -0.2) is 36.6 Å². The first kappa shape index (κ1) is 43.7. The summed E-state index contributed by atoms with van der Waals surface area (Å²) in [7, 11) is 0. The number of benzene rings is 2. The second kappa shape index (κ2) is 13.1. The van der Waals surface area contributed by atoms with Gasteiger partial charge >= 0.3 is 47.9 Å². The number of rotatable bonds is 4. The van der Waals surface area contributed by atoms with Gasteiger partial charge in [-0.05, 0) is 40.2 Å². The molecule has 2 aromatic rings. The topological polar surface area (TPSA) is 52.0 Å². The molecule has 256 valence electrons. The molecular weight excluding hydrogens is 750 g/mol. The Morgan fingerprint density at radius 1 is 0.500 bits per heavy atom. The molecule has 0 bridgehead atoms. The summed E-state index contributed by atoms with van der Waals surface area (Å²) in [5.74, 6) is -13.4. The highest BCUT2D eigenvalue weighted by Crippen LogP contribution is 2.60. The van der Waals surface area contributed by atoms with Crippen molar-refractivity contribution in [3.8, 4) is 0 Å². The summed E-state index contributed by atoms with van der Waals surface area (Å²) in [4.78, 5) is 0. The molecule has 0 amide bonds. The summed E-state index contributed by atoms with van der Waals surface area (Å²) in [5.41, 5.74) is -6.29. The number of alkyl halides is 18. The quantitative estimate of drug-likeness (QED) is 0.240. The number of nitrogens with two attached hydrogens (primary N) is 2. The van der Waals surface area contributed by atoms with Gasteiger partial charge < -0.3 is 11.5 Å². The third kappa shape index (κ3) is 7.33. The first-order chi connectivity index (χ1) is 18.3. The van der Waals surface area contributed by atoms with Crippen LogP contribution in [0.2, 0.25) is 5.02 Å². The van der Waals surface area contributed by atoms with Crippen LogP contribution in [-0.2, 0) is 11.3 Å². The molecule has 0 aromatic heterocycles. The second-order valence-electron chi connectivity index (χ2n) is 7.93. The Kier molecular flexibility index (Phi) is 13.0. The molecule has 2 nitrogen and oxygen atoms in total. The standard InChI is InChI=1S/C10H4BrClF9N.C10H6F9N.2CH4/c11-4-1-3(2-5(12)6(4)22)7(13,9(16,17)18)8(14,15)10(19,20)21;11-7(9(14,15)16,8(12,13)10(17,18)19)5-1-3-6(20)4-2-5;;/h1-2H,22H2;1-4H,20H2;2*1H4. The molecule has 0 aliphatic heterocycles. The number of nitrogen functional groups attached to an aromatic ring is 2. The molecule has 0 fully saturated rings. The van der Waals surface area contributed by atoms with Crippen molar-refractivity contribution >= 4 is 38.9 Å². The predicted molar refractivity (Wildman–Crippen MR) is 128 cm³/mol. The van der Waals surface area contributed by atoms with Crippen molar-refractivity contribution in [3.63, 3.8) is 0 Å². The summed E-state index contributed by atoms with van der Waals surface area (Å²) < 4.78 is 229. The van der Waals surface area contributed by atoms with Crippen LogP contribution in [0, 0.1) is 0 Å². The molecule has 0 saturated heterocycles. The summed E-state index contributed by atoms with van der Waals surface area (Å²) in [6.45, 7) is 0. The summed E-state index contributed by atoms with van der Waals surface area (Å²) >= 11 is 7.83. The molecule has 0 saturated carbocycles. The Hall–Kier alpha value is -2.45. The van der Waals surface area contributed by atoms with Crippen molar-refractivity contribution in [3.05, 3.63) is 57.0 Å². The van der Waals surface area contributed by atoms with Gasteiger partial charge in [0.2, 0.25) is 0 Å². The van der Waals surface area contributed by atoms with E-state index in [1.807, 2.05) is 0 Å². The number of hydrogen-bond acceptors (Lipinski definition) is 2. The van der Waals surface area contributed by atoms with Crippen molar-refractivity contribution in [2.24, 2.45) is 0 Å². The van der Waals surface area contributed by atoms with Gasteiger partial charge in [0.15, 0.2) is 0 Å². The molecule has 4 N–H and O–H groups in total. The van der Waals surface area contributed by atoms with Crippen LogP contribution in [0.15, 0.2) is 40.9 Å². The number of halogens is 20. The fraction of sp³-hybridized carbons (Fsp3) is 0.455. The minimum Gasteiger partial charge on any atom is -0.399 e. The maximum Gasteiger partial charge on any atom is 0.457 e. The maximum absolute atomic E-state index is 14.1. The van der Waals surface area contributed by atoms with Gasteiger partial charge in [-0.25, -0.2) is 8.78 Å². The zero-order valence-electron chi connectivity index (χ0n) is 19.2. The monoisotopic (exact) mass is 766 g/mol. The minimum atomic E-state index is -6.79. The Balaban J connectivity index is 0. The molecule has 2 rings (SSSR count). The van der Waals surface area contributed by atoms with Gasteiger partial charge in [0.25, 0.3) is 0 Å². The van der Waals surface area contributed by atoms with E-state index in [0.717, 1.165) is 0 Å². The van der Waals surface area contributed by atoms with Gasteiger partial charge in [-0.1, -0.05) is 38.6 Å². The molecule has 0 aliphatic rings. The van der Waals surface area contributed by atoms with E-state index in [2.05, 4.69) is 15.9 Å². The van der Waals surface area contributed by atoms with Crippen molar-refractivity contribution in [2.75, 3.05) is 11.5 Å². The van der Waals surface area contributed by atoms with Gasteiger partial charge in [-0.15, -0.1) is 0 Å². The summed E-state index contributed by atoms with van der Waals surface area (Å²) in [6.07, 6.45) is -26.6. The smallest absolute Gasteiger partial charge is 0.399 e. The molecule has 2 atom stereocenters. The third-order valence-corrected chi connectivity index (χ3v) is 6.11. The zero-order valence-corrected chi connectivity index (χ0v) is 21.5. The average Bonchev–Trinajstić information content (AvgIpc) is 2.78. The molecule has 2 unspecified atom stereocenters. The fourth-order valence-electron chi connectivity index (χ4n) is 2.93. The van der Waals surface area contributed by atoms with Crippen LogP contribution in [0.3, 0.4) is 0 Å². The first-order valence-corrected chi connectivity index (χ1v) is 11.0. The van der Waals surface area contributed by atoms with Crippen molar-refractivity contribution in [2.45, 2.75) is 62.7 Å². The van der Waals surface area contributed by atoms with Crippen molar-refractivity contribution < 1.29 is 79.0 Å². The highest BCUT2D eigenvalue weighted by atomic mass is 79.9. The highest BCUT2D eigenvalue weighted by molar-refractivity contribution is 9.10. The Bertz CT molecular complexity index is 1230. The van der Waals surface area contributed by atoms with Crippen LogP contribution in [0.4, 0.5) is 90.4 Å². The third-order valence-electron chi connectivity index (χ3n) is 5.14. The van der Waals surface area contributed by atoms with E-state index >= 15 is 0 Å². The van der Waals surface area contributed by atoms with Crippen LogP contribution in [0.5, 0.6) is 0 Å². The number of anilines is 2. The van der Waals surface area contributed by atoms with Gasteiger partial charge in [0, 0.05) is 21.3 Å². The van der Waals surface area contributed by atoms with Crippen LogP contribution in [0.1, 0.15) is 26.0 Å². The highest BCUT2D eigenvalue weighted by Gasteiger charge is 2.82. The Labute approximate surface area is 249 Å². The molecule has 2 aromatic carbocycles. The second-order valence-corrected chi connectivity index (χ2v) is 9.19. The first-order valence-electron chi connectivity index (χ1n) is 9.83. The normalized spacial score (nSPS) is 15.9. The molecule has 22 heteroatoms. The van der Waals surface area contributed by atoms with Crippen molar-refractivity contribution in [1.29, 1.82) is 0 Å². The molecule has 44 heavy (non-hydrogen) atoms. The van der Waals surface area contributed by atoms with Gasteiger partial charge in [-0.2, -0.15) is 70.2 Å². The maximum atomic E-state index is 14.1. The van der Waals surface area contributed by atoms with Crippen LogP contribution in [0.25, 0.3) is 0 Å². The average molecular weight is 768 g/mol. The molecule has 0 spiro atoms. The number of hydrogen-bond donors (Lipinski definition) is 2.